The predicted octanol–water partition coefficient (Wildman–Crippen LogP) is 0.0742. The number of β-lactam (4-membered cyclic amide) rings is 1. The number of nitrogens with one attached hydrogen (secondary N) is 1. The Labute approximate surface area is 135 Å². The number of fused-ring (bicyclic) bond motifs is 1. The molecule has 1 saturated heterocycles. The Hall–Kier alpha value is -2.32. The van der Waals surface area contributed by atoms with E-state index in [9.17, 15) is 24.0 Å². The maximum absolute atomic E-state index is 12.2. The molecule has 0 aromatic heterocycles. The number of carbonyl (C=O) groups excluding carboxylic acids is 2. The minimum atomic E-state index is -1.45. The van der Waals surface area contributed by atoms with Crippen molar-refractivity contribution < 1.29 is 24.0 Å². The number of rotatable bonds is 3. The van der Waals surface area contributed by atoms with Crippen molar-refractivity contribution in [3.63, 3.8) is 0 Å². The molecule has 2 aliphatic rings. The summed E-state index contributed by atoms with van der Waals surface area (Å²) in [5, 5.41) is 11.0. The molecule has 8 heteroatoms. The largest absolute Gasteiger partial charge is 0.614 e. The van der Waals surface area contributed by atoms with Gasteiger partial charge in [-0.1, -0.05) is 18.2 Å². The molecule has 1 fully saturated rings. The Bertz CT molecular complexity index is 718. The lowest BCUT2D eigenvalue weighted by Gasteiger charge is -2.48. The highest BCUT2D eigenvalue weighted by atomic mass is 32.2. The first-order chi connectivity index (χ1) is 10.9. The monoisotopic (exact) mass is 334 g/mol. The highest BCUT2D eigenvalue weighted by molar-refractivity contribution is 7.92. The fraction of sp³-hybridized carbons (Fsp3) is 0.267. The number of carbonyl (C=O) groups is 3. The van der Waals surface area contributed by atoms with Crippen LogP contribution in [0.5, 0.6) is 0 Å². The van der Waals surface area contributed by atoms with Crippen molar-refractivity contribution in [1.82, 2.24) is 10.2 Å². The first-order valence-electron chi connectivity index (χ1n) is 6.91. The van der Waals surface area contributed by atoms with Gasteiger partial charge in [-0.2, -0.15) is 0 Å². The van der Waals surface area contributed by atoms with Gasteiger partial charge in [-0.3, -0.25) is 14.5 Å². The van der Waals surface area contributed by atoms with Gasteiger partial charge >= 0.3 is 5.97 Å². The van der Waals surface area contributed by atoms with Crippen LogP contribution in [0.15, 0.2) is 41.6 Å². The summed E-state index contributed by atoms with van der Waals surface area (Å²) in [5.41, 5.74) is 0.642. The molecule has 0 bridgehead atoms. The Kier molecular flexibility index (Phi) is 3.87. The lowest BCUT2D eigenvalue weighted by atomic mass is 10.0. The first-order valence-corrected chi connectivity index (χ1v) is 8.29. The summed E-state index contributed by atoms with van der Waals surface area (Å²) in [7, 11) is 0. The number of hydrogen-bond acceptors (Lipinski definition) is 4. The number of carboxylic acids is 1. The van der Waals surface area contributed by atoms with E-state index in [4.69, 9.17) is 0 Å². The molecule has 0 aliphatic carbocycles. The van der Waals surface area contributed by atoms with Crippen molar-refractivity contribution in [3.8, 4) is 0 Å². The predicted molar refractivity (Wildman–Crippen MR) is 81.7 cm³/mol. The van der Waals surface area contributed by atoms with E-state index in [1.807, 2.05) is 0 Å². The van der Waals surface area contributed by atoms with Crippen LogP contribution in [0.4, 0.5) is 0 Å². The minimum absolute atomic E-state index is 0.0772. The van der Waals surface area contributed by atoms with E-state index < -0.39 is 40.4 Å². The summed E-state index contributed by atoms with van der Waals surface area (Å²) < 4.78 is 12.2. The van der Waals surface area contributed by atoms with E-state index >= 15 is 0 Å². The SMILES string of the molecule is CC1=C(C(=O)O)N2C(=O)C(NC(=O)c3ccccc3)[C@H]2[S+]([O-])C1. The third-order valence-corrected chi connectivity index (χ3v) is 5.58. The summed E-state index contributed by atoms with van der Waals surface area (Å²) >= 11 is -1.45. The van der Waals surface area contributed by atoms with E-state index in [1.165, 1.54) is 0 Å². The van der Waals surface area contributed by atoms with Crippen LogP contribution in [0, 0.1) is 0 Å². The summed E-state index contributed by atoms with van der Waals surface area (Å²) in [6, 6.07) is 7.37. The molecule has 120 valence electrons. The molecule has 2 amide bonds. The van der Waals surface area contributed by atoms with Crippen LogP contribution < -0.4 is 5.32 Å². The molecule has 1 aromatic carbocycles. The Morgan fingerprint density at radius 3 is 2.61 bits per heavy atom. The van der Waals surface area contributed by atoms with E-state index in [0.29, 0.717) is 11.1 Å². The average Bonchev–Trinajstić information content (AvgIpc) is 2.52. The minimum Gasteiger partial charge on any atom is -0.614 e. The Morgan fingerprint density at radius 1 is 1.35 bits per heavy atom. The summed E-state index contributed by atoms with van der Waals surface area (Å²) in [6.07, 6.45) is 0. The van der Waals surface area contributed by atoms with Crippen LogP contribution in [0.25, 0.3) is 0 Å². The van der Waals surface area contributed by atoms with Gasteiger partial charge in [-0.15, -0.1) is 0 Å². The normalized spacial score (nSPS) is 26.4. The van der Waals surface area contributed by atoms with Gasteiger partial charge in [0, 0.05) is 11.1 Å². The Balaban J connectivity index is 1.82. The zero-order valence-electron chi connectivity index (χ0n) is 12.2. The highest BCUT2D eigenvalue weighted by Gasteiger charge is 2.60. The molecule has 7 nitrogen and oxygen atoms in total. The standard InChI is InChI=1S/C15H14N2O5S/c1-8-7-23(22)14-10(13(19)17(14)11(8)15(20)21)16-12(18)9-5-3-2-4-6-9/h2-6,10,14H,7H2,1H3,(H,16,18)(H,20,21)/t10?,14-,23?/m1/s1. The van der Waals surface area contributed by atoms with E-state index in [2.05, 4.69) is 5.32 Å². The van der Waals surface area contributed by atoms with Crippen LogP contribution in [0.2, 0.25) is 0 Å². The van der Waals surface area contributed by atoms with E-state index in [1.54, 1.807) is 37.3 Å². The third-order valence-electron chi connectivity index (χ3n) is 3.84. The van der Waals surface area contributed by atoms with Crippen molar-refractivity contribution in [2.75, 3.05) is 5.75 Å². The van der Waals surface area contributed by atoms with Crippen LogP contribution in [-0.4, -0.2) is 49.5 Å². The second-order valence-electron chi connectivity index (χ2n) is 5.38. The fourth-order valence-corrected chi connectivity index (χ4v) is 4.44. The number of carboxylic acid groups (broad SMARTS) is 1. The van der Waals surface area contributed by atoms with Crippen LogP contribution in [-0.2, 0) is 20.8 Å². The molecule has 0 spiro atoms. The van der Waals surface area contributed by atoms with Crippen LogP contribution in [0.3, 0.4) is 0 Å². The molecular weight excluding hydrogens is 320 g/mol. The van der Waals surface area contributed by atoms with Crippen LogP contribution >= 0.6 is 0 Å². The molecule has 3 atom stereocenters. The molecule has 0 radical (unpaired) electrons. The topological polar surface area (TPSA) is 110 Å². The van der Waals surface area contributed by atoms with Gasteiger partial charge in [0.15, 0.2) is 6.04 Å². The molecule has 3 rings (SSSR count). The second-order valence-corrected chi connectivity index (χ2v) is 6.91. The fourth-order valence-electron chi connectivity index (χ4n) is 2.78. The Morgan fingerprint density at radius 2 is 2.00 bits per heavy atom. The van der Waals surface area contributed by atoms with Crippen LogP contribution in [0.1, 0.15) is 17.3 Å². The number of amides is 2. The van der Waals surface area contributed by atoms with Crippen molar-refractivity contribution in [2.45, 2.75) is 18.3 Å². The molecule has 23 heavy (non-hydrogen) atoms. The smallest absolute Gasteiger partial charge is 0.352 e. The van der Waals surface area contributed by atoms with Crippen molar-refractivity contribution in [3.05, 3.63) is 47.2 Å². The number of benzene rings is 1. The van der Waals surface area contributed by atoms with Gasteiger partial charge in [0.2, 0.25) is 5.37 Å². The third kappa shape index (κ3) is 2.49. The molecule has 2 heterocycles. The molecule has 1 aromatic rings. The van der Waals surface area contributed by atoms with E-state index in [0.717, 1.165) is 4.90 Å². The van der Waals surface area contributed by atoms with Gasteiger partial charge in [-0.25, -0.2) is 4.79 Å². The van der Waals surface area contributed by atoms with E-state index in [-0.39, 0.29) is 11.4 Å². The maximum Gasteiger partial charge on any atom is 0.352 e. The first kappa shape index (κ1) is 15.6. The summed E-state index contributed by atoms with van der Waals surface area (Å²) in [5.74, 6) is -2.16. The quantitative estimate of drug-likeness (QED) is 0.601. The molecular formula is C15H14N2O5S. The molecule has 2 N–H and O–H groups in total. The molecule has 2 unspecified atom stereocenters. The number of hydrogen-bond donors (Lipinski definition) is 2. The lowest BCUT2D eigenvalue weighted by molar-refractivity contribution is -0.149. The van der Waals surface area contributed by atoms with Gasteiger partial charge in [0.25, 0.3) is 11.8 Å². The molecule has 0 saturated carbocycles. The van der Waals surface area contributed by atoms with Gasteiger partial charge < -0.3 is 15.0 Å². The second kappa shape index (κ2) is 5.71. The van der Waals surface area contributed by atoms with Gasteiger partial charge in [0.05, 0.1) is 0 Å². The van der Waals surface area contributed by atoms with Crippen molar-refractivity contribution >= 4 is 29.0 Å². The average molecular weight is 334 g/mol. The zero-order chi connectivity index (χ0) is 16.7. The summed E-state index contributed by atoms with van der Waals surface area (Å²) in [6.45, 7) is 1.54. The molecule has 2 aliphatic heterocycles. The van der Waals surface area contributed by atoms with Gasteiger partial charge in [0.1, 0.15) is 11.4 Å². The number of nitrogens with zero attached hydrogens (tertiary/aromatic N) is 1. The van der Waals surface area contributed by atoms with Crippen molar-refractivity contribution in [2.24, 2.45) is 0 Å². The lowest BCUT2D eigenvalue weighted by Crippen LogP contribution is -2.74. The number of aliphatic carboxylic acids is 1. The zero-order valence-corrected chi connectivity index (χ0v) is 13.0. The van der Waals surface area contributed by atoms with Crippen molar-refractivity contribution in [1.29, 1.82) is 0 Å². The summed E-state index contributed by atoms with van der Waals surface area (Å²) in [4.78, 5) is 36.7. The van der Waals surface area contributed by atoms with Gasteiger partial charge in [-0.05, 0) is 30.2 Å². The highest BCUT2D eigenvalue weighted by Crippen LogP contribution is 2.36. The maximum atomic E-state index is 12.2.